The Labute approximate surface area is 165 Å². The predicted molar refractivity (Wildman–Crippen MR) is 111 cm³/mol. The summed E-state index contributed by atoms with van der Waals surface area (Å²) in [5.41, 5.74) is 0. The fourth-order valence-corrected chi connectivity index (χ4v) is 2.98. The maximum absolute atomic E-state index is 11.9. The lowest BCUT2D eigenvalue weighted by Gasteiger charge is -2.16. The van der Waals surface area contributed by atoms with E-state index in [1.807, 2.05) is 0 Å². The second-order valence-electron chi connectivity index (χ2n) is 7.50. The van der Waals surface area contributed by atoms with Gasteiger partial charge in [0.25, 0.3) is 0 Å². The van der Waals surface area contributed by atoms with E-state index < -0.39 is 18.6 Å². The maximum Gasteiger partial charge on any atom is 0.328 e. The van der Waals surface area contributed by atoms with Crippen molar-refractivity contribution in [1.82, 2.24) is 5.32 Å². The van der Waals surface area contributed by atoms with Crippen LogP contribution >= 0.6 is 0 Å². The minimum absolute atomic E-state index is 0.226. The summed E-state index contributed by atoms with van der Waals surface area (Å²) in [5.74, 6) is -1.73. The molecule has 27 heavy (non-hydrogen) atoms. The smallest absolute Gasteiger partial charge is 0.328 e. The van der Waals surface area contributed by atoms with Crippen molar-refractivity contribution < 1.29 is 19.8 Å². The van der Waals surface area contributed by atoms with E-state index in [2.05, 4.69) is 24.4 Å². The topological polar surface area (TPSA) is 86.6 Å². The second kappa shape index (κ2) is 18.0. The third-order valence-electron chi connectivity index (χ3n) is 4.89. The molecule has 5 heteroatoms. The first-order valence-corrected chi connectivity index (χ1v) is 10.8. The predicted octanol–water partition coefficient (Wildman–Crippen LogP) is 4.83. The summed E-state index contributed by atoms with van der Waals surface area (Å²) in [4.78, 5) is 22.7. The van der Waals surface area contributed by atoms with Gasteiger partial charge in [-0.3, -0.25) is 4.79 Å². The number of aliphatic hydroxyl groups excluding tert-OH is 1. The Bertz CT molecular complexity index is 409. The number of carbonyl (C=O) groups is 2. The summed E-state index contributed by atoms with van der Waals surface area (Å²) >= 11 is 0. The van der Waals surface area contributed by atoms with Crippen molar-refractivity contribution in [3.63, 3.8) is 0 Å². The molecule has 0 heterocycles. The summed E-state index contributed by atoms with van der Waals surface area (Å²) in [6.45, 7) is 3.46. The molecule has 0 aromatic carbocycles. The quantitative estimate of drug-likeness (QED) is 0.234. The third kappa shape index (κ3) is 15.4. The summed E-state index contributed by atoms with van der Waals surface area (Å²) in [6.07, 6.45) is 20.1. The van der Waals surface area contributed by atoms with Crippen LogP contribution in [0.5, 0.6) is 0 Å². The molecule has 0 fully saturated rings. The maximum atomic E-state index is 11.9. The van der Waals surface area contributed by atoms with Crippen molar-refractivity contribution in [2.24, 2.45) is 5.92 Å². The molecule has 1 amide bonds. The molecule has 0 radical (unpaired) electrons. The highest BCUT2D eigenvalue weighted by molar-refractivity contribution is 5.84. The Morgan fingerprint density at radius 1 is 0.889 bits per heavy atom. The number of aliphatic carboxylic acids is 1. The Kier molecular flexibility index (Phi) is 17.1. The molecule has 158 valence electrons. The number of hydrogen-bond acceptors (Lipinski definition) is 3. The summed E-state index contributed by atoms with van der Waals surface area (Å²) in [7, 11) is 0. The molecular weight excluding hydrogens is 342 g/mol. The van der Waals surface area contributed by atoms with Crippen molar-refractivity contribution in [1.29, 1.82) is 0 Å². The van der Waals surface area contributed by atoms with Gasteiger partial charge in [0.15, 0.2) is 0 Å². The summed E-state index contributed by atoms with van der Waals surface area (Å²) in [6, 6.07) is -1.21. The third-order valence-corrected chi connectivity index (χ3v) is 4.89. The van der Waals surface area contributed by atoms with E-state index in [9.17, 15) is 9.59 Å². The summed E-state index contributed by atoms with van der Waals surface area (Å²) in [5, 5.41) is 20.1. The molecule has 0 aliphatic carbocycles. The molecule has 2 atom stereocenters. The monoisotopic (exact) mass is 383 g/mol. The van der Waals surface area contributed by atoms with Gasteiger partial charge in [0.1, 0.15) is 6.04 Å². The molecule has 3 N–H and O–H groups in total. The van der Waals surface area contributed by atoms with Gasteiger partial charge < -0.3 is 15.5 Å². The number of carboxylic acids is 1. The van der Waals surface area contributed by atoms with Crippen LogP contribution in [0.25, 0.3) is 0 Å². The molecule has 0 aliphatic rings. The highest BCUT2D eigenvalue weighted by Gasteiger charge is 2.21. The number of nitrogens with one attached hydrogen (secondary N) is 1. The average Bonchev–Trinajstić information content (AvgIpc) is 2.65. The fraction of sp³-hybridized carbons (Fsp3) is 0.818. The number of rotatable bonds is 18. The Morgan fingerprint density at radius 3 is 1.93 bits per heavy atom. The van der Waals surface area contributed by atoms with Crippen LogP contribution in [-0.2, 0) is 9.59 Å². The number of hydrogen-bond donors (Lipinski definition) is 3. The molecule has 0 bridgehead atoms. The lowest BCUT2D eigenvalue weighted by atomic mass is 10.0. The number of allylic oxidation sites excluding steroid dienone is 2. The number of carboxylic acid groups (broad SMARTS) is 1. The molecule has 0 saturated carbocycles. The van der Waals surface area contributed by atoms with Crippen LogP contribution in [0.2, 0.25) is 0 Å². The van der Waals surface area contributed by atoms with Crippen LogP contribution in [0.1, 0.15) is 97.3 Å². The molecule has 0 aromatic heterocycles. The zero-order valence-corrected chi connectivity index (χ0v) is 17.4. The average molecular weight is 384 g/mol. The minimum atomic E-state index is -1.21. The van der Waals surface area contributed by atoms with E-state index in [0.717, 1.165) is 32.1 Å². The molecule has 2 unspecified atom stereocenters. The molecular formula is C22H41NO4. The molecule has 0 aromatic rings. The van der Waals surface area contributed by atoms with Gasteiger partial charge in [-0.2, -0.15) is 0 Å². The van der Waals surface area contributed by atoms with Crippen LogP contribution in [0.15, 0.2) is 12.2 Å². The van der Waals surface area contributed by atoms with Crippen LogP contribution in [0.3, 0.4) is 0 Å². The molecule has 0 rings (SSSR count). The van der Waals surface area contributed by atoms with Crippen molar-refractivity contribution in [3.8, 4) is 0 Å². The zero-order chi connectivity index (χ0) is 20.3. The van der Waals surface area contributed by atoms with Crippen LogP contribution in [-0.4, -0.2) is 34.7 Å². The van der Waals surface area contributed by atoms with Gasteiger partial charge in [-0.1, -0.05) is 77.4 Å². The van der Waals surface area contributed by atoms with Gasteiger partial charge in [-0.25, -0.2) is 4.79 Å². The van der Waals surface area contributed by atoms with Gasteiger partial charge >= 0.3 is 5.97 Å². The zero-order valence-electron chi connectivity index (χ0n) is 17.4. The van der Waals surface area contributed by atoms with E-state index in [0.29, 0.717) is 0 Å². The number of aliphatic hydroxyl groups is 1. The van der Waals surface area contributed by atoms with Gasteiger partial charge in [-0.15, -0.1) is 0 Å². The Hall–Kier alpha value is -1.36. The van der Waals surface area contributed by atoms with E-state index in [1.165, 1.54) is 51.4 Å². The van der Waals surface area contributed by atoms with Gasteiger partial charge in [0.05, 0.1) is 6.61 Å². The van der Waals surface area contributed by atoms with Gasteiger partial charge in [0, 0.05) is 5.92 Å². The number of unbranched alkanes of at least 4 members (excludes halogenated alkanes) is 10. The Balaban J connectivity index is 3.53. The standard InChI is InChI=1S/C22H41NO4/c1-3-4-5-6-7-8-9-10-11-12-13-14-15-16-17-19(2)21(25)23-20(18-24)22(26)27/h10-11,19-20,24H,3-9,12-18H2,1-2H3,(H,23,25)(H,26,27)/b11-10+. The second-order valence-corrected chi connectivity index (χ2v) is 7.50. The minimum Gasteiger partial charge on any atom is -0.480 e. The van der Waals surface area contributed by atoms with Gasteiger partial charge in [-0.05, 0) is 32.1 Å². The van der Waals surface area contributed by atoms with Crippen LogP contribution < -0.4 is 5.32 Å². The van der Waals surface area contributed by atoms with Crippen molar-refractivity contribution >= 4 is 11.9 Å². The number of carbonyl (C=O) groups excluding carboxylic acids is 1. The summed E-state index contributed by atoms with van der Waals surface area (Å²) < 4.78 is 0. The lowest BCUT2D eigenvalue weighted by molar-refractivity contribution is -0.143. The van der Waals surface area contributed by atoms with E-state index >= 15 is 0 Å². The lowest BCUT2D eigenvalue weighted by Crippen LogP contribution is -2.45. The molecule has 0 aliphatic heterocycles. The highest BCUT2D eigenvalue weighted by Crippen LogP contribution is 2.12. The SMILES string of the molecule is CCCCCCCC/C=C/CCCCCCC(C)C(=O)NC(CO)C(=O)O. The first-order valence-electron chi connectivity index (χ1n) is 10.8. The first kappa shape index (κ1) is 25.6. The van der Waals surface area contributed by atoms with Crippen molar-refractivity contribution in [2.75, 3.05) is 6.61 Å². The van der Waals surface area contributed by atoms with Crippen LogP contribution in [0, 0.1) is 5.92 Å². The van der Waals surface area contributed by atoms with E-state index in [4.69, 9.17) is 10.2 Å². The molecule has 0 saturated heterocycles. The van der Waals surface area contributed by atoms with Crippen molar-refractivity contribution in [3.05, 3.63) is 12.2 Å². The first-order chi connectivity index (χ1) is 13.0. The molecule has 0 spiro atoms. The van der Waals surface area contributed by atoms with Crippen molar-refractivity contribution in [2.45, 2.75) is 103 Å². The normalized spacial score (nSPS) is 13.6. The fourth-order valence-electron chi connectivity index (χ4n) is 2.98. The number of amides is 1. The van der Waals surface area contributed by atoms with E-state index in [1.54, 1.807) is 6.92 Å². The molecule has 5 nitrogen and oxygen atoms in total. The van der Waals surface area contributed by atoms with Gasteiger partial charge in [0.2, 0.25) is 5.91 Å². The highest BCUT2D eigenvalue weighted by atomic mass is 16.4. The van der Waals surface area contributed by atoms with E-state index in [-0.39, 0.29) is 11.8 Å². The van der Waals surface area contributed by atoms with Crippen LogP contribution in [0.4, 0.5) is 0 Å². The largest absolute Gasteiger partial charge is 0.480 e. The Morgan fingerprint density at radius 2 is 1.41 bits per heavy atom.